The molecule has 156 valence electrons. The number of nitrogens with zero attached hydrogens (tertiary/aromatic N) is 3. The van der Waals surface area contributed by atoms with Crippen molar-refractivity contribution in [1.29, 1.82) is 0 Å². The maximum atomic E-state index is 13.4. The van der Waals surface area contributed by atoms with Gasteiger partial charge < -0.3 is 19.7 Å². The van der Waals surface area contributed by atoms with E-state index in [0.717, 1.165) is 34.8 Å². The van der Waals surface area contributed by atoms with Gasteiger partial charge in [-0.25, -0.2) is 4.39 Å². The number of halogens is 2. The lowest BCUT2D eigenvalue weighted by Gasteiger charge is -2.34. The molecule has 0 radical (unpaired) electrons. The summed E-state index contributed by atoms with van der Waals surface area (Å²) in [6, 6.07) is 0. The van der Waals surface area contributed by atoms with Crippen LogP contribution in [0.25, 0.3) is 6.08 Å². The molecule has 1 aromatic heterocycles. The highest BCUT2D eigenvalue weighted by molar-refractivity contribution is 6.31. The Kier molecular flexibility index (Phi) is 4.48. The number of amides is 1. The molecule has 1 saturated carbocycles. The van der Waals surface area contributed by atoms with Gasteiger partial charge in [-0.05, 0) is 31.4 Å². The van der Waals surface area contributed by atoms with Gasteiger partial charge in [0.15, 0.2) is 6.17 Å². The number of fused-ring (bicyclic) bond motifs is 2. The summed E-state index contributed by atoms with van der Waals surface area (Å²) in [4.78, 5) is 16.8. The molecule has 4 aliphatic rings. The number of rotatable bonds is 5. The summed E-state index contributed by atoms with van der Waals surface area (Å²) in [5.41, 5.74) is 3.92. The molecule has 2 unspecified atom stereocenters. The zero-order valence-corrected chi connectivity index (χ0v) is 17.8. The van der Waals surface area contributed by atoms with Gasteiger partial charge in [-0.1, -0.05) is 23.4 Å². The fourth-order valence-electron chi connectivity index (χ4n) is 4.55. The third-order valence-electron chi connectivity index (χ3n) is 6.25. The molecule has 2 atom stereocenters. The molecule has 2 aliphatic heterocycles. The Balaban J connectivity index is 1.38. The number of hydrogen-bond acceptors (Lipinski definition) is 3. The fraction of sp³-hybridized carbons (Fsp3) is 0.435. The first-order valence-electron chi connectivity index (χ1n) is 10.3. The van der Waals surface area contributed by atoms with Crippen LogP contribution in [0, 0.1) is 11.8 Å². The number of aryl methyl sites for hydroxylation is 1. The third kappa shape index (κ3) is 3.22. The monoisotopic (exact) mass is 426 g/mol. The molecule has 5 rings (SSSR count). The second-order valence-electron chi connectivity index (χ2n) is 8.66. The first-order chi connectivity index (χ1) is 14.4. The second kappa shape index (κ2) is 6.95. The van der Waals surface area contributed by atoms with Crippen molar-refractivity contribution in [2.24, 2.45) is 7.05 Å². The van der Waals surface area contributed by atoms with Gasteiger partial charge in [0.25, 0.3) is 5.91 Å². The van der Waals surface area contributed by atoms with Crippen LogP contribution in [0.3, 0.4) is 0 Å². The van der Waals surface area contributed by atoms with E-state index in [9.17, 15) is 9.18 Å². The summed E-state index contributed by atoms with van der Waals surface area (Å²) < 4.78 is 15.5. The predicted molar refractivity (Wildman–Crippen MR) is 115 cm³/mol. The van der Waals surface area contributed by atoms with E-state index in [1.807, 2.05) is 36.6 Å². The standard InChI is InChI=1S/C23H24ClFN4O/c1-15(25)10-17-12-28-8-9-29(22(30)21(28)26-17)14-23(6-7-23)19-13-27(2)20-11-16(24)4-3-5-18(19)20/h8-9,11-13,15,21,26H,4,6-7,10,14H2,1-2H3. The lowest BCUT2D eigenvalue weighted by atomic mass is 9.93. The van der Waals surface area contributed by atoms with Gasteiger partial charge in [-0.2, -0.15) is 0 Å². The Morgan fingerprint density at radius 3 is 2.93 bits per heavy atom. The summed E-state index contributed by atoms with van der Waals surface area (Å²) >= 11 is 6.27. The molecule has 5 nitrogen and oxygen atoms in total. The van der Waals surface area contributed by atoms with Crippen molar-refractivity contribution in [1.82, 2.24) is 19.7 Å². The molecule has 30 heavy (non-hydrogen) atoms. The van der Waals surface area contributed by atoms with Crippen molar-refractivity contribution in [3.05, 3.63) is 52.3 Å². The molecular weight excluding hydrogens is 403 g/mol. The van der Waals surface area contributed by atoms with E-state index in [-0.39, 0.29) is 17.7 Å². The summed E-state index contributed by atoms with van der Waals surface area (Å²) in [5.74, 6) is 6.45. The van der Waals surface area contributed by atoms with Crippen molar-refractivity contribution in [3.63, 3.8) is 0 Å². The Morgan fingerprint density at radius 2 is 2.20 bits per heavy atom. The fourth-order valence-corrected chi connectivity index (χ4v) is 4.72. The topological polar surface area (TPSA) is 40.5 Å². The van der Waals surface area contributed by atoms with Crippen LogP contribution in [-0.4, -0.2) is 39.2 Å². The molecule has 0 saturated heterocycles. The minimum atomic E-state index is -0.952. The lowest BCUT2D eigenvalue weighted by molar-refractivity contribution is -0.134. The summed E-state index contributed by atoms with van der Waals surface area (Å²) in [6.07, 6.45) is 11.1. The molecule has 1 aromatic rings. The Hall–Kier alpha value is -2.65. The zero-order chi connectivity index (χ0) is 21.0. The van der Waals surface area contributed by atoms with E-state index in [1.54, 1.807) is 4.90 Å². The number of allylic oxidation sites excluding steroid dienone is 2. The maximum absolute atomic E-state index is 13.4. The largest absolute Gasteiger partial charge is 0.359 e. The van der Waals surface area contributed by atoms with E-state index in [2.05, 4.69) is 27.9 Å². The zero-order valence-electron chi connectivity index (χ0n) is 17.1. The van der Waals surface area contributed by atoms with Crippen LogP contribution < -0.4 is 5.32 Å². The van der Waals surface area contributed by atoms with Crippen molar-refractivity contribution < 1.29 is 9.18 Å². The van der Waals surface area contributed by atoms with Crippen molar-refractivity contribution in [2.75, 3.05) is 6.54 Å². The van der Waals surface area contributed by atoms with E-state index in [4.69, 9.17) is 11.6 Å². The first-order valence-corrected chi connectivity index (χ1v) is 10.7. The Bertz CT molecular complexity index is 1070. The van der Waals surface area contributed by atoms with E-state index in [1.165, 1.54) is 12.5 Å². The number of hydrogen-bond donors (Lipinski definition) is 1. The van der Waals surface area contributed by atoms with Gasteiger partial charge in [0, 0.05) is 67.4 Å². The highest BCUT2D eigenvalue weighted by atomic mass is 35.5. The molecule has 3 heterocycles. The van der Waals surface area contributed by atoms with Crippen LogP contribution in [-0.2, 0) is 17.3 Å². The van der Waals surface area contributed by atoms with Gasteiger partial charge in [0.05, 0.1) is 11.3 Å². The molecule has 0 bridgehead atoms. The van der Waals surface area contributed by atoms with E-state index < -0.39 is 12.3 Å². The lowest BCUT2D eigenvalue weighted by Crippen LogP contribution is -2.52. The molecule has 0 spiro atoms. The smallest absolute Gasteiger partial charge is 0.270 e. The van der Waals surface area contributed by atoms with Crippen LogP contribution in [0.2, 0.25) is 0 Å². The number of carbonyl (C=O) groups excluding carboxylic acids is 1. The highest BCUT2D eigenvalue weighted by Crippen LogP contribution is 2.51. The summed E-state index contributed by atoms with van der Waals surface area (Å²) in [7, 11) is 2.01. The van der Waals surface area contributed by atoms with Crippen molar-refractivity contribution in [2.45, 2.75) is 50.4 Å². The van der Waals surface area contributed by atoms with Crippen molar-refractivity contribution in [3.8, 4) is 11.8 Å². The third-order valence-corrected chi connectivity index (χ3v) is 6.49. The molecule has 2 aliphatic carbocycles. The highest BCUT2D eigenvalue weighted by Gasteiger charge is 2.50. The Labute approximate surface area is 180 Å². The SMILES string of the molecule is CC(F)CC1=CN2C=CN(CC3(c4cn(C)c5c4C#CCC(Cl)=C5)CC3)C(=O)C2N1. The van der Waals surface area contributed by atoms with Crippen LogP contribution in [0.5, 0.6) is 0 Å². The number of alkyl halides is 1. The number of carbonyl (C=O) groups is 1. The summed E-state index contributed by atoms with van der Waals surface area (Å²) in [6.45, 7) is 2.13. The first kappa shape index (κ1) is 19.3. The maximum Gasteiger partial charge on any atom is 0.270 e. The number of aromatic nitrogens is 1. The van der Waals surface area contributed by atoms with Gasteiger partial charge in [-0.3, -0.25) is 4.79 Å². The molecule has 1 N–H and O–H groups in total. The molecule has 0 aromatic carbocycles. The molecule has 7 heteroatoms. The van der Waals surface area contributed by atoms with Crippen LogP contribution in [0.1, 0.15) is 49.4 Å². The normalized spacial score (nSPS) is 24.1. The predicted octanol–water partition coefficient (Wildman–Crippen LogP) is 3.53. The summed E-state index contributed by atoms with van der Waals surface area (Å²) in [5, 5.41) is 3.91. The quantitative estimate of drug-likeness (QED) is 0.732. The average Bonchev–Trinajstić information content (AvgIpc) is 3.31. The Morgan fingerprint density at radius 1 is 1.40 bits per heavy atom. The number of nitrogens with one attached hydrogen (secondary N) is 1. The van der Waals surface area contributed by atoms with E-state index >= 15 is 0 Å². The van der Waals surface area contributed by atoms with Crippen LogP contribution in [0.15, 0.2) is 35.5 Å². The van der Waals surface area contributed by atoms with Crippen LogP contribution >= 0.6 is 11.6 Å². The molecule has 1 amide bonds. The van der Waals surface area contributed by atoms with Gasteiger partial charge in [0.1, 0.15) is 6.17 Å². The molecular formula is C23H24ClFN4O. The average molecular weight is 427 g/mol. The molecule has 1 fully saturated rings. The second-order valence-corrected chi connectivity index (χ2v) is 9.15. The van der Waals surface area contributed by atoms with Gasteiger partial charge in [-0.15, -0.1) is 0 Å². The minimum absolute atomic E-state index is 0.0161. The van der Waals surface area contributed by atoms with Crippen molar-refractivity contribution >= 4 is 23.6 Å². The van der Waals surface area contributed by atoms with E-state index in [0.29, 0.717) is 13.0 Å². The van der Waals surface area contributed by atoms with Gasteiger partial charge >= 0.3 is 0 Å². The van der Waals surface area contributed by atoms with Gasteiger partial charge in [0.2, 0.25) is 0 Å². The minimum Gasteiger partial charge on any atom is -0.359 e. The van der Waals surface area contributed by atoms with Crippen LogP contribution in [0.4, 0.5) is 4.39 Å².